The third-order valence-corrected chi connectivity index (χ3v) is 4.65. The van der Waals surface area contributed by atoms with Gasteiger partial charge >= 0.3 is 0 Å². The van der Waals surface area contributed by atoms with Crippen LogP contribution in [0.25, 0.3) is 5.57 Å². The van der Waals surface area contributed by atoms with E-state index in [4.69, 9.17) is 0 Å². The molecule has 1 aromatic carbocycles. The van der Waals surface area contributed by atoms with Crippen molar-refractivity contribution < 1.29 is 16.8 Å². The molecule has 0 aliphatic carbocycles. The maximum absolute atomic E-state index is 11.7. The topological polar surface area (TPSA) is 68.3 Å². The van der Waals surface area contributed by atoms with Gasteiger partial charge in [-0.05, 0) is 17.2 Å². The highest BCUT2D eigenvalue weighted by molar-refractivity contribution is 7.95. The van der Waals surface area contributed by atoms with Gasteiger partial charge in [-0.3, -0.25) is 0 Å². The lowest BCUT2D eigenvalue weighted by Gasteiger charge is -2.01. The summed E-state index contributed by atoms with van der Waals surface area (Å²) in [5, 5.41) is 1.04. The van der Waals surface area contributed by atoms with Crippen molar-refractivity contribution in [3.05, 3.63) is 35.2 Å². The molecule has 1 heterocycles. The Morgan fingerprint density at radius 2 is 1.81 bits per heavy atom. The second-order valence-electron chi connectivity index (χ2n) is 3.75. The number of hydrogen-bond acceptors (Lipinski definition) is 4. The molecule has 0 N–H and O–H groups in total. The summed E-state index contributed by atoms with van der Waals surface area (Å²) >= 11 is 0. The average molecular weight is 258 g/mol. The van der Waals surface area contributed by atoms with Gasteiger partial charge in [0, 0.05) is 11.7 Å². The molecule has 0 unspecified atom stereocenters. The van der Waals surface area contributed by atoms with E-state index in [0.29, 0.717) is 11.1 Å². The van der Waals surface area contributed by atoms with E-state index in [1.165, 1.54) is 6.07 Å². The number of fused-ring (bicyclic) bond motifs is 1. The highest BCUT2D eigenvalue weighted by Gasteiger charge is 2.27. The minimum absolute atomic E-state index is 0.189. The van der Waals surface area contributed by atoms with Gasteiger partial charge in [0.25, 0.3) is 0 Å². The summed E-state index contributed by atoms with van der Waals surface area (Å²) in [5.41, 5.74) is 0.839. The Morgan fingerprint density at radius 1 is 1.19 bits per heavy atom. The first-order valence-corrected chi connectivity index (χ1v) is 8.13. The lowest BCUT2D eigenvalue weighted by molar-refractivity contribution is 0.603. The minimum Gasteiger partial charge on any atom is -0.229 e. The summed E-state index contributed by atoms with van der Waals surface area (Å²) in [4.78, 5) is 0.189. The Kier molecular flexibility index (Phi) is 2.43. The molecule has 4 nitrogen and oxygen atoms in total. The normalized spacial score (nSPS) is 17.9. The van der Waals surface area contributed by atoms with E-state index < -0.39 is 19.7 Å². The molecule has 0 fully saturated rings. The van der Waals surface area contributed by atoms with Crippen molar-refractivity contribution in [1.82, 2.24) is 0 Å². The third-order valence-electron chi connectivity index (χ3n) is 2.25. The van der Waals surface area contributed by atoms with E-state index in [1.807, 2.05) is 0 Å². The van der Waals surface area contributed by atoms with Gasteiger partial charge < -0.3 is 0 Å². The Morgan fingerprint density at radius 3 is 2.44 bits per heavy atom. The maximum atomic E-state index is 11.7. The molecule has 2 rings (SSSR count). The van der Waals surface area contributed by atoms with Gasteiger partial charge in [0.15, 0.2) is 9.84 Å². The van der Waals surface area contributed by atoms with Gasteiger partial charge in [0.05, 0.1) is 10.6 Å². The SMILES string of the molecule is CS(=O)(=O)CC1=CS(=O)(=O)c2ccccc21. The minimum atomic E-state index is -3.45. The van der Waals surface area contributed by atoms with Crippen molar-refractivity contribution in [3.8, 4) is 0 Å². The van der Waals surface area contributed by atoms with Gasteiger partial charge in [0.2, 0.25) is 9.84 Å². The number of rotatable bonds is 2. The fraction of sp³-hybridized carbons (Fsp3) is 0.200. The van der Waals surface area contributed by atoms with Crippen LogP contribution in [0.2, 0.25) is 0 Å². The van der Waals surface area contributed by atoms with Crippen molar-refractivity contribution >= 4 is 25.2 Å². The van der Waals surface area contributed by atoms with Gasteiger partial charge in [-0.1, -0.05) is 18.2 Å². The van der Waals surface area contributed by atoms with E-state index in [1.54, 1.807) is 18.2 Å². The third kappa shape index (κ3) is 2.03. The Hall–Kier alpha value is -1.14. The van der Waals surface area contributed by atoms with Gasteiger partial charge in [-0.2, -0.15) is 0 Å². The van der Waals surface area contributed by atoms with Crippen LogP contribution in [0.4, 0.5) is 0 Å². The van der Waals surface area contributed by atoms with Gasteiger partial charge in [0.1, 0.15) is 0 Å². The van der Waals surface area contributed by atoms with E-state index in [9.17, 15) is 16.8 Å². The van der Waals surface area contributed by atoms with Crippen LogP contribution >= 0.6 is 0 Å². The molecule has 1 aliphatic heterocycles. The smallest absolute Gasteiger partial charge is 0.200 e. The maximum Gasteiger partial charge on any atom is 0.200 e. The van der Waals surface area contributed by atoms with E-state index in [0.717, 1.165) is 11.7 Å². The fourth-order valence-electron chi connectivity index (χ4n) is 1.69. The first kappa shape index (κ1) is 11.3. The molecule has 0 saturated carbocycles. The monoisotopic (exact) mass is 258 g/mol. The summed E-state index contributed by atoms with van der Waals surface area (Å²) < 4.78 is 45.7. The zero-order valence-corrected chi connectivity index (χ0v) is 10.2. The molecule has 0 bridgehead atoms. The summed E-state index contributed by atoms with van der Waals surface area (Å²) in [6.07, 6.45) is 1.08. The van der Waals surface area contributed by atoms with Crippen LogP contribution in [-0.4, -0.2) is 28.8 Å². The fourth-order valence-corrected chi connectivity index (χ4v) is 4.08. The molecule has 16 heavy (non-hydrogen) atoms. The first-order chi connectivity index (χ1) is 7.30. The Balaban J connectivity index is 2.60. The molecule has 1 aromatic rings. The Bertz CT molecular complexity index is 667. The lowest BCUT2D eigenvalue weighted by Crippen LogP contribution is -2.04. The van der Waals surface area contributed by atoms with Crippen molar-refractivity contribution in [1.29, 1.82) is 0 Å². The molecule has 0 spiro atoms. The predicted molar refractivity (Wildman–Crippen MR) is 61.3 cm³/mol. The summed E-state index contributed by atoms with van der Waals surface area (Å²) in [5.74, 6) is -0.247. The van der Waals surface area contributed by atoms with Crippen molar-refractivity contribution in [3.63, 3.8) is 0 Å². The largest absolute Gasteiger partial charge is 0.229 e. The van der Waals surface area contributed by atoms with E-state index in [-0.39, 0.29) is 10.6 Å². The summed E-state index contributed by atoms with van der Waals surface area (Å²) in [6, 6.07) is 6.41. The molecular formula is C10H10O4S2. The molecule has 1 aliphatic rings. The number of benzene rings is 1. The van der Waals surface area contributed by atoms with Crippen LogP contribution in [0.3, 0.4) is 0 Å². The molecule has 0 atom stereocenters. The Labute approximate surface area is 94.4 Å². The predicted octanol–water partition coefficient (Wildman–Crippen LogP) is 0.859. The molecule has 0 radical (unpaired) electrons. The summed E-state index contributed by atoms with van der Waals surface area (Å²) in [6.45, 7) is 0. The second-order valence-corrected chi connectivity index (χ2v) is 7.66. The average Bonchev–Trinajstić information content (AvgIpc) is 2.37. The van der Waals surface area contributed by atoms with Crippen LogP contribution in [0.5, 0.6) is 0 Å². The van der Waals surface area contributed by atoms with Crippen LogP contribution in [-0.2, 0) is 19.7 Å². The number of hydrogen-bond donors (Lipinski definition) is 0. The molecular weight excluding hydrogens is 248 g/mol. The van der Waals surface area contributed by atoms with E-state index >= 15 is 0 Å². The molecule has 6 heteroatoms. The number of sulfone groups is 2. The van der Waals surface area contributed by atoms with Crippen molar-refractivity contribution in [2.45, 2.75) is 4.90 Å². The van der Waals surface area contributed by atoms with Crippen LogP contribution in [0.15, 0.2) is 34.6 Å². The van der Waals surface area contributed by atoms with Crippen molar-refractivity contribution in [2.75, 3.05) is 12.0 Å². The highest BCUT2D eigenvalue weighted by Crippen LogP contribution is 2.33. The molecule has 0 aromatic heterocycles. The zero-order chi connectivity index (χ0) is 12.0. The lowest BCUT2D eigenvalue weighted by atomic mass is 10.1. The molecule has 86 valence electrons. The molecule has 0 saturated heterocycles. The van der Waals surface area contributed by atoms with E-state index in [2.05, 4.69) is 0 Å². The first-order valence-electron chi connectivity index (χ1n) is 4.52. The van der Waals surface area contributed by atoms with Crippen LogP contribution in [0.1, 0.15) is 5.56 Å². The van der Waals surface area contributed by atoms with Crippen LogP contribution in [0, 0.1) is 0 Å². The summed E-state index contributed by atoms with van der Waals surface area (Å²) in [7, 11) is -6.69. The second kappa shape index (κ2) is 3.43. The van der Waals surface area contributed by atoms with Crippen molar-refractivity contribution in [2.24, 2.45) is 0 Å². The zero-order valence-electron chi connectivity index (χ0n) is 8.54. The molecule has 0 amide bonds. The van der Waals surface area contributed by atoms with Crippen LogP contribution < -0.4 is 0 Å². The standard InChI is InChI=1S/C10H10O4S2/c1-15(11,12)6-8-7-16(13,14)10-5-3-2-4-9(8)10/h2-5,7H,6H2,1H3. The quantitative estimate of drug-likeness (QED) is 0.789. The highest BCUT2D eigenvalue weighted by atomic mass is 32.2. The van der Waals surface area contributed by atoms with Gasteiger partial charge in [-0.25, -0.2) is 16.8 Å². The van der Waals surface area contributed by atoms with Gasteiger partial charge in [-0.15, -0.1) is 0 Å².